The van der Waals surface area contributed by atoms with E-state index in [0.717, 1.165) is 18.5 Å². The minimum atomic E-state index is -0.944. The number of aliphatic hydroxyl groups is 1. The van der Waals surface area contributed by atoms with E-state index >= 15 is 0 Å². The molecule has 2 rings (SSSR count). The van der Waals surface area contributed by atoms with Crippen molar-refractivity contribution < 1.29 is 15.0 Å². The molecule has 0 bridgehead atoms. The minimum Gasteiger partial charge on any atom is -0.478 e. The predicted molar refractivity (Wildman–Crippen MR) is 77.0 cm³/mol. The number of pyridine rings is 1. The van der Waals surface area contributed by atoms with Gasteiger partial charge in [0, 0.05) is 17.2 Å². The monoisotopic (exact) mass is 278 g/mol. The third-order valence-corrected chi connectivity index (χ3v) is 4.17. The standard InChI is InChI=1S/C15H22N2O3/c1-4-5-10-6-9(14(19)20)7-13(16-10)17-11-8-12(18)15(11,2)3/h6-7,11-12,18H,4-5,8H2,1-3H3,(H,16,17)(H,19,20). The molecule has 0 saturated heterocycles. The molecular formula is C15H22N2O3. The van der Waals surface area contributed by atoms with Gasteiger partial charge in [-0.2, -0.15) is 0 Å². The maximum atomic E-state index is 11.2. The van der Waals surface area contributed by atoms with Gasteiger partial charge in [0.1, 0.15) is 5.82 Å². The van der Waals surface area contributed by atoms with Gasteiger partial charge in [-0.15, -0.1) is 0 Å². The number of aliphatic hydroxyl groups excluding tert-OH is 1. The number of anilines is 1. The number of carboxylic acids is 1. The molecule has 1 aromatic heterocycles. The summed E-state index contributed by atoms with van der Waals surface area (Å²) < 4.78 is 0. The molecule has 5 heteroatoms. The van der Waals surface area contributed by atoms with Gasteiger partial charge in [-0.1, -0.05) is 27.2 Å². The molecule has 1 aliphatic carbocycles. The third-order valence-electron chi connectivity index (χ3n) is 4.17. The Morgan fingerprint density at radius 1 is 1.50 bits per heavy atom. The Morgan fingerprint density at radius 3 is 2.70 bits per heavy atom. The van der Waals surface area contributed by atoms with Crippen molar-refractivity contribution in [1.29, 1.82) is 0 Å². The van der Waals surface area contributed by atoms with E-state index in [1.54, 1.807) is 12.1 Å². The van der Waals surface area contributed by atoms with E-state index < -0.39 is 5.97 Å². The molecule has 1 fully saturated rings. The van der Waals surface area contributed by atoms with Gasteiger partial charge in [-0.3, -0.25) is 0 Å². The van der Waals surface area contributed by atoms with Crippen molar-refractivity contribution in [3.63, 3.8) is 0 Å². The normalized spacial score (nSPS) is 24.0. The lowest BCUT2D eigenvalue weighted by molar-refractivity contribution is -0.0511. The molecule has 1 aromatic rings. The van der Waals surface area contributed by atoms with Crippen molar-refractivity contribution in [3.8, 4) is 0 Å². The Bertz CT molecular complexity index is 514. The molecule has 0 spiro atoms. The first kappa shape index (κ1) is 14.8. The molecule has 0 aromatic carbocycles. The Labute approximate surface area is 119 Å². The minimum absolute atomic E-state index is 0.114. The number of aromatic carboxylic acids is 1. The van der Waals surface area contributed by atoms with Crippen LogP contribution in [0.2, 0.25) is 0 Å². The van der Waals surface area contributed by atoms with Gasteiger partial charge in [-0.05, 0) is 25.0 Å². The fourth-order valence-electron chi connectivity index (χ4n) is 2.50. The van der Waals surface area contributed by atoms with Crippen LogP contribution in [0.4, 0.5) is 5.82 Å². The Morgan fingerprint density at radius 2 is 2.20 bits per heavy atom. The molecule has 2 atom stereocenters. The molecule has 1 saturated carbocycles. The largest absolute Gasteiger partial charge is 0.478 e. The highest BCUT2D eigenvalue weighted by Crippen LogP contribution is 2.42. The number of hydrogen-bond donors (Lipinski definition) is 3. The van der Waals surface area contributed by atoms with Gasteiger partial charge in [-0.25, -0.2) is 9.78 Å². The Hall–Kier alpha value is -1.62. The van der Waals surface area contributed by atoms with Crippen LogP contribution in [-0.2, 0) is 6.42 Å². The summed E-state index contributed by atoms with van der Waals surface area (Å²) in [7, 11) is 0. The molecule has 3 N–H and O–H groups in total. The van der Waals surface area contributed by atoms with Crippen molar-refractivity contribution in [3.05, 3.63) is 23.4 Å². The molecule has 0 aliphatic heterocycles. The third kappa shape index (κ3) is 2.77. The van der Waals surface area contributed by atoms with Crippen LogP contribution < -0.4 is 5.32 Å². The van der Waals surface area contributed by atoms with Crippen LogP contribution in [0.3, 0.4) is 0 Å². The zero-order valence-corrected chi connectivity index (χ0v) is 12.2. The lowest BCUT2D eigenvalue weighted by atomic mass is 9.64. The number of aromatic nitrogens is 1. The fourth-order valence-corrected chi connectivity index (χ4v) is 2.50. The number of rotatable bonds is 5. The number of carboxylic acid groups (broad SMARTS) is 1. The second-order valence-corrected chi connectivity index (χ2v) is 6.06. The molecule has 0 radical (unpaired) electrons. The second kappa shape index (κ2) is 5.40. The van der Waals surface area contributed by atoms with E-state index in [0.29, 0.717) is 12.2 Å². The topological polar surface area (TPSA) is 82.5 Å². The zero-order chi connectivity index (χ0) is 14.9. The van der Waals surface area contributed by atoms with Crippen LogP contribution in [0.25, 0.3) is 0 Å². The van der Waals surface area contributed by atoms with Crippen LogP contribution in [0.1, 0.15) is 49.7 Å². The fraction of sp³-hybridized carbons (Fsp3) is 0.600. The van der Waals surface area contributed by atoms with Gasteiger partial charge < -0.3 is 15.5 Å². The second-order valence-electron chi connectivity index (χ2n) is 6.06. The molecule has 5 nitrogen and oxygen atoms in total. The summed E-state index contributed by atoms with van der Waals surface area (Å²) in [6.07, 6.45) is 2.02. The molecule has 110 valence electrons. The van der Waals surface area contributed by atoms with E-state index in [9.17, 15) is 9.90 Å². The summed E-state index contributed by atoms with van der Waals surface area (Å²) in [5.41, 5.74) is 0.822. The van der Waals surface area contributed by atoms with E-state index in [2.05, 4.69) is 10.3 Å². The van der Waals surface area contributed by atoms with Crippen molar-refractivity contribution in [2.75, 3.05) is 5.32 Å². The maximum absolute atomic E-state index is 11.2. The highest BCUT2D eigenvalue weighted by Gasteiger charge is 2.47. The Balaban J connectivity index is 2.21. The van der Waals surface area contributed by atoms with Gasteiger partial charge in [0.05, 0.1) is 11.7 Å². The summed E-state index contributed by atoms with van der Waals surface area (Å²) in [6, 6.07) is 3.29. The summed E-state index contributed by atoms with van der Waals surface area (Å²) in [5, 5.41) is 22.2. The van der Waals surface area contributed by atoms with Crippen LogP contribution in [0.15, 0.2) is 12.1 Å². The van der Waals surface area contributed by atoms with E-state index in [1.165, 1.54) is 0 Å². The summed E-state index contributed by atoms with van der Waals surface area (Å²) >= 11 is 0. The van der Waals surface area contributed by atoms with E-state index in [4.69, 9.17) is 5.11 Å². The highest BCUT2D eigenvalue weighted by molar-refractivity contribution is 5.88. The first-order chi connectivity index (χ1) is 9.34. The van der Waals surface area contributed by atoms with Gasteiger partial charge in [0.15, 0.2) is 0 Å². The number of nitrogens with one attached hydrogen (secondary N) is 1. The van der Waals surface area contributed by atoms with E-state index in [-0.39, 0.29) is 23.1 Å². The van der Waals surface area contributed by atoms with Gasteiger partial charge in [0.2, 0.25) is 0 Å². The Kier molecular flexibility index (Phi) is 3.99. The summed E-state index contributed by atoms with van der Waals surface area (Å²) in [6.45, 7) is 6.02. The molecule has 2 unspecified atom stereocenters. The summed E-state index contributed by atoms with van der Waals surface area (Å²) in [4.78, 5) is 15.6. The quantitative estimate of drug-likeness (QED) is 0.770. The van der Waals surface area contributed by atoms with Crippen molar-refractivity contribution >= 4 is 11.8 Å². The lowest BCUT2D eigenvalue weighted by Gasteiger charge is -2.49. The van der Waals surface area contributed by atoms with Crippen molar-refractivity contribution in [1.82, 2.24) is 4.98 Å². The van der Waals surface area contributed by atoms with Crippen LogP contribution in [-0.4, -0.2) is 33.3 Å². The van der Waals surface area contributed by atoms with Crippen LogP contribution >= 0.6 is 0 Å². The first-order valence-corrected chi connectivity index (χ1v) is 7.03. The molecule has 20 heavy (non-hydrogen) atoms. The van der Waals surface area contributed by atoms with Crippen molar-refractivity contribution in [2.45, 2.75) is 52.2 Å². The number of carbonyl (C=O) groups is 1. The van der Waals surface area contributed by atoms with Crippen LogP contribution in [0, 0.1) is 5.41 Å². The first-order valence-electron chi connectivity index (χ1n) is 7.03. The number of hydrogen-bond acceptors (Lipinski definition) is 4. The molecule has 0 amide bonds. The zero-order valence-electron chi connectivity index (χ0n) is 12.2. The van der Waals surface area contributed by atoms with E-state index in [1.807, 2.05) is 20.8 Å². The highest BCUT2D eigenvalue weighted by atomic mass is 16.4. The number of nitrogens with zero attached hydrogens (tertiary/aromatic N) is 1. The van der Waals surface area contributed by atoms with Gasteiger partial charge >= 0.3 is 5.97 Å². The summed E-state index contributed by atoms with van der Waals surface area (Å²) in [5.74, 6) is -0.362. The van der Waals surface area contributed by atoms with Gasteiger partial charge in [0.25, 0.3) is 0 Å². The smallest absolute Gasteiger partial charge is 0.335 e. The molecule has 1 aliphatic rings. The van der Waals surface area contributed by atoms with Crippen molar-refractivity contribution in [2.24, 2.45) is 5.41 Å². The predicted octanol–water partition coefficient (Wildman–Crippen LogP) is 2.30. The number of aryl methyl sites for hydroxylation is 1. The average Bonchev–Trinajstić information content (AvgIpc) is 2.38. The SMILES string of the molecule is CCCc1cc(C(=O)O)cc(NC2CC(O)C2(C)C)n1. The van der Waals surface area contributed by atoms with Crippen LogP contribution in [0.5, 0.6) is 0 Å². The molecule has 1 heterocycles. The molecular weight excluding hydrogens is 256 g/mol. The lowest BCUT2D eigenvalue weighted by Crippen LogP contribution is -2.57. The average molecular weight is 278 g/mol. The maximum Gasteiger partial charge on any atom is 0.335 e.